The Bertz CT molecular complexity index is 514. The first-order chi connectivity index (χ1) is 9.40. The van der Waals surface area contributed by atoms with Crippen molar-refractivity contribution in [1.82, 2.24) is 4.72 Å². The van der Waals surface area contributed by atoms with Gasteiger partial charge in [0, 0.05) is 12.1 Å². The van der Waals surface area contributed by atoms with Crippen molar-refractivity contribution < 1.29 is 8.42 Å². The first kappa shape index (κ1) is 17.1. The number of nitrogens with two attached hydrogens (primary N) is 1. The van der Waals surface area contributed by atoms with Crippen LogP contribution in [-0.2, 0) is 22.3 Å². The van der Waals surface area contributed by atoms with Crippen LogP contribution in [0.3, 0.4) is 0 Å². The van der Waals surface area contributed by atoms with Crippen molar-refractivity contribution in [2.24, 2.45) is 5.73 Å². The van der Waals surface area contributed by atoms with E-state index >= 15 is 0 Å². The van der Waals surface area contributed by atoms with Gasteiger partial charge in [-0.25, -0.2) is 13.1 Å². The Morgan fingerprint density at radius 3 is 2.15 bits per heavy atom. The fourth-order valence-electron chi connectivity index (χ4n) is 2.40. The summed E-state index contributed by atoms with van der Waals surface area (Å²) in [5.41, 5.74) is 6.98. The molecular formula is C15H26N2O2S. The van der Waals surface area contributed by atoms with Crippen LogP contribution in [0.2, 0.25) is 0 Å². The van der Waals surface area contributed by atoms with Crippen molar-refractivity contribution in [3.63, 3.8) is 0 Å². The first-order valence-electron chi connectivity index (χ1n) is 7.19. The van der Waals surface area contributed by atoms with Crippen LogP contribution in [0.25, 0.3) is 0 Å². The van der Waals surface area contributed by atoms with Crippen molar-refractivity contribution in [3.05, 3.63) is 35.4 Å². The second kappa shape index (κ2) is 7.20. The van der Waals surface area contributed by atoms with Crippen LogP contribution in [0.15, 0.2) is 24.3 Å². The summed E-state index contributed by atoms with van der Waals surface area (Å²) in [5, 5.41) is 0. The fourth-order valence-corrected chi connectivity index (χ4v) is 4.18. The van der Waals surface area contributed by atoms with Crippen LogP contribution in [-0.4, -0.2) is 14.0 Å². The summed E-state index contributed by atoms with van der Waals surface area (Å²) in [6, 6.07) is 7.42. The molecule has 0 aliphatic rings. The Morgan fingerprint density at radius 2 is 1.65 bits per heavy atom. The minimum Gasteiger partial charge on any atom is -0.326 e. The first-order valence-corrected chi connectivity index (χ1v) is 8.85. The average Bonchev–Trinajstić information content (AvgIpc) is 2.44. The summed E-state index contributed by atoms with van der Waals surface area (Å²) in [6.07, 6.45) is 2.38. The summed E-state index contributed by atoms with van der Waals surface area (Å²) >= 11 is 0. The minimum absolute atomic E-state index is 0.00257. The number of hydrogen-bond acceptors (Lipinski definition) is 3. The minimum atomic E-state index is -3.34. The molecule has 1 aromatic rings. The maximum atomic E-state index is 12.3. The third kappa shape index (κ3) is 4.58. The normalized spacial score (nSPS) is 12.6. The number of rotatable bonds is 8. The molecule has 0 unspecified atom stereocenters. The second-order valence-electron chi connectivity index (χ2n) is 5.23. The van der Waals surface area contributed by atoms with E-state index in [1.807, 2.05) is 45.0 Å². The monoisotopic (exact) mass is 298 g/mol. The summed E-state index contributed by atoms with van der Waals surface area (Å²) in [6.45, 7) is 6.48. The predicted molar refractivity (Wildman–Crippen MR) is 83.7 cm³/mol. The van der Waals surface area contributed by atoms with Crippen LogP contribution in [0.5, 0.6) is 0 Å². The van der Waals surface area contributed by atoms with Gasteiger partial charge in [-0.1, -0.05) is 45.0 Å². The molecule has 0 saturated carbocycles. The van der Waals surface area contributed by atoms with Crippen molar-refractivity contribution in [3.8, 4) is 0 Å². The molecular weight excluding hydrogens is 272 g/mol. The summed E-state index contributed by atoms with van der Waals surface area (Å²) in [4.78, 5) is 0. The van der Waals surface area contributed by atoms with Crippen LogP contribution < -0.4 is 10.5 Å². The topological polar surface area (TPSA) is 72.2 Å². The van der Waals surface area contributed by atoms with E-state index in [4.69, 9.17) is 5.73 Å². The molecule has 0 bridgehead atoms. The van der Waals surface area contributed by atoms with E-state index in [9.17, 15) is 8.42 Å². The van der Waals surface area contributed by atoms with Crippen LogP contribution in [0.4, 0.5) is 0 Å². The molecule has 0 amide bonds. The molecule has 1 rings (SSSR count). The lowest BCUT2D eigenvalue weighted by atomic mass is 9.91. The molecule has 0 fully saturated rings. The zero-order chi connectivity index (χ0) is 15.2. The number of nitrogens with one attached hydrogen (secondary N) is 1. The number of benzene rings is 1. The van der Waals surface area contributed by atoms with Gasteiger partial charge in [-0.05, 0) is 30.4 Å². The average molecular weight is 298 g/mol. The quantitative estimate of drug-likeness (QED) is 0.774. The van der Waals surface area contributed by atoms with Crippen LogP contribution in [0, 0.1) is 0 Å². The van der Waals surface area contributed by atoms with Crippen LogP contribution in [0.1, 0.15) is 51.2 Å². The second-order valence-corrected chi connectivity index (χ2v) is 6.95. The van der Waals surface area contributed by atoms with Crippen molar-refractivity contribution in [2.45, 2.75) is 57.9 Å². The Balaban J connectivity index is 2.89. The molecule has 0 aliphatic heterocycles. The zero-order valence-electron chi connectivity index (χ0n) is 12.6. The summed E-state index contributed by atoms with van der Waals surface area (Å²) in [7, 11) is -3.34. The maximum absolute atomic E-state index is 12.3. The lowest BCUT2D eigenvalue weighted by Gasteiger charge is -2.31. The van der Waals surface area contributed by atoms with Gasteiger partial charge >= 0.3 is 0 Å². The highest BCUT2D eigenvalue weighted by Gasteiger charge is 2.29. The highest BCUT2D eigenvalue weighted by Crippen LogP contribution is 2.21. The van der Waals surface area contributed by atoms with E-state index in [1.165, 1.54) is 0 Å². The summed E-state index contributed by atoms with van der Waals surface area (Å²) in [5.74, 6) is 0.00257. The Morgan fingerprint density at radius 1 is 1.10 bits per heavy atom. The van der Waals surface area contributed by atoms with E-state index < -0.39 is 10.0 Å². The molecule has 0 heterocycles. The van der Waals surface area contributed by atoms with E-state index in [1.54, 1.807) is 0 Å². The van der Waals surface area contributed by atoms with Crippen molar-refractivity contribution in [1.29, 1.82) is 0 Å². The third-order valence-corrected chi connectivity index (χ3v) is 5.44. The maximum Gasteiger partial charge on any atom is 0.216 e. The molecule has 3 N–H and O–H groups in total. The highest BCUT2D eigenvalue weighted by atomic mass is 32.2. The zero-order valence-corrected chi connectivity index (χ0v) is 13.5. The van der Waals surface area contributed by atoms with Crippen LogP contribution >= 0.6 is 0 Å². The number of sulfonamides is 1. The molecule has 4 nitrogen and oxygen atoms in total. The smallest absolute Gasteiger partial charge is 0.216 e. The van der Waals surface area contributed by atoms with Crippen molar-refractivity contribution >= 4 is 10.0 Å². The molecule has 0 atom stereocenters. The molecule has 0 saturated heterocycles. The van der Waals surface area contributed by atoms with Gasteiger partial charge in [0.25, 0.3) is 0 Å². The van der Waals surface area contributed by atoms with E-state index in [-0.39, 0.29) is 11.3 Å². The summed E-state index contributed by atoms with van der Waals surface area (Å²) < 4.78 is 27.6. The van der Waals surface area contributed by atoms with Gasteiger partial charge in [0.1, 0.15) is 0 Å². The fraction of sp³-hybridized carbons (Fsp3) is 0.600. The molecule has 0 aromatic heterocycles. The third-order valence-electron chi connectivity index (χ3n) is 3.99. The van der Waals surface area contributed by atoms with Gasteiger partial charge in [0.2, 0.25) is 10.0 Å². The molecule has 5 heteroatoms. The Labute approximate surface area is 122 Å². The molecule has 20 heavy (non-hydrogen) atoms. The molecule has 1 aromatic carbocycles. The van der Waals surface area contributed by atoms with Gasteiger partial charge in [-0.3, -0.25) is 0 Å². The predicted octanol–water partition coefficient (Wildman–Crippen LogP) is 2.53. The Kier molecular flexibility index (Phi) is 6.17. The lowest BCUT2D eigenvalue weighted by molar-refractivity contribution is 0.341. The Hall–Kier alpha value is -0.910. The number of hydrogen-bond donors (Lipinski definition) is 2. The standard InChI is InChI=1S/C15H26N2O2S/c1-4-15(5-2,6-3)17-20(18,19)12-14-9-7-8-13(10-14)11-16/h7-10,17H,4-6,11-12,16H2,1-3H3. The van der Waals surface area contributed by atoms with Gasteiger partial charge in [0.05, 0.1) is 5.75 Å². The molecule has 0 radical (unpaired) electrons. The van der Waals surface area contributed by atoms with Gasteiger partial charge in [-0.15, -0.1) is 0 Å². The highest BCUT2D eigenvalue weighted by molar-refractivity contribution is 7.88. The van der Waals surface area contributed by atoms with E-state index in [2.05, 4.69) is 4.72 Å². The van der Waals surface area contributed by atoms with E-state index in [0.717, 1.165) is 30.4 Å². The molecule has 0 aliphatic carbocycles. The van der Waals surface area contributed by atoms with Gasteiger partial charge < -0.3 is 5.73 Å². The largest absolute Gasteiger partial charge is 0.326 e. The van der Waals surface area contributed by atoms with Gasteiger partial charge in [-0.2, -0.15) is 0 Å². The SMILES string of the molecule is CCC(CC)(CC)NS(=O)(=O)Cc1cccc(CN)c1. The van der Waals surface area contributed by atoms with Gasteiger partial charge in [0.15, 0.2) is 0 Å². The molecule has 0 spiro atoms. The molecule has 114 valence electrons. The van der Waals surface area contributed by atoms with Crippen molar-refractivity contribution in [2.75, 3.05) is 0 Å². The van der Waals surface area contributed by atoms with E-state index in [0.29, 0.717) is 6.54 Å². The lowest BCUT2D eigenvalue weighted by Crippen LogP contribution is -2.47.